The summed E-state index contributed by atoms with van der Waals surface area (Å²) in [6.07, 6.45) is 0. The van der Waals surface area contributed by atoms with E-state index in [1.54, 1.807) is 31.2 Å². The highest BCUT2D eigenvalue weighted by Gasteiger charge is 2.14. The fourth-order valence-corrected chi connectivity index (χ4v) is 2.23. The number of rotatable bonds is 2. The Labute approximate surface area is 126 Å². The summed E-state index contributed by atoms with van der Waals surface area (Å²) in [6, 6.07) is 14.5. The Kier molecular flexibility index (Phi) is 3.54. The summed E-state index contributed by atoms with van der Waals surface area (Å²) in [4.78, 5) is 21.1. The van der Waals surface area contributed by atoms with Crippen LogP contribution in [0.25, 0.3) is 11.0 Å². The molecular weight excluding hydrogens is 286 g/mol. The van der Waals surface area contributed by atoms with Crippen molar-refractivity contribution in [2.24, 2.45) is 0 Å². The number of nitrogens with one attached hydrogen (secondary N) is 1. The van der Waals surface area contributed by atoms with Crippen LogP contribution in [0, 0.1) is 6.92 Å². The molecule has 0 spiro atoms. The van der Waals surface area contributed by atoms with Gasteiger partial charge in [0, 0.05) is 0 Å². The van der Waals surface area contributed by atoms with E-state index in [9.17, 15) is 4.79 Å². The van der Waals surface area contributed by atoms with Gasteiger partial charge in [-0.15, -0.1) is 0 Å². The minimum absolute atomic E-state index is 0.300. The van der Waals surface area contributed by atoms with Crippen molar-refractivity contribution in [3.63, 3.8) is 0 Å². The lowest BCUT2D eigenvalue weighted by molar-refractivity contribution is 0.102. The van der Waals surface area contributed by atoms with Crippen molar-refractivity contribution in [3.05, 3.63) is 64.9 Å². The van der Waals surface area contributed by atoms with Gasteiger partial charge in [-0.1, -0.05) is 35.9 Å². The Hall–Kier alpha value is -2.46. The normalized spacial score (nSPS) is 10.6. The molecule has 104 valence electrons. The number of halogens is 1. The van der Waals surface area contributed by atoms with Crippen molar-refractivity contribution in [3.8, 4) is 0 Å². The van der Waals surface area contributed by atoms with Crippen molar-refractivity contribution in [2.75, 3.05) is 5.32 Å². The maximum absolute atomic E-state index is 12.4. The molecule has 5 heteroatoms. The van der Waals surface area contributed by atoms with Crippen LogP contribution in [0.4, 0.5) is 5.69 Å². The number of hydrogen-bond acceptors (Lipinski definition) is 3. The van der Waals surface area contributed by atoms with Crippen LogP contribution in [0.3, 0.4) is 0 Å². The summed E-state index contributed by atoms with van der Waals surface area (Å²) in [5.41, 5.74) is 2.89. The number of anilines is 1. The third-order valence-electron chi connectivity index (χ3n) is 3.08. The van der Waals surface area contributed by atoms with Gasteiger partial charge in [-0.25, -0.2) is 9.97 Å². The van der Waals surface area contributed by atoms with E-state index in [2.05, 4.69) is 15.3 Å². The molecule has 0 aliphatic heterocycles. The molecule has 0 saturated carbocycles. The average Bonchev–Trinajstić information content (AvgIpc) is 2.49. The molecule has 1 amide bonds. The van der Waals surface area contributed by atoms with Crippen LogP contribution in [0.15, 0.2) is 48.5 Å². The van der Waals surface area contributed by atoms with E-state index < -0.39 is 0 Å². The molecule has 1 heterocycles. The number of aromatic nitrogens is 2. The van der Waals surface area contributed by atoms with E-state index in [0.29, 0.717) is 27.6 Å². The number of amides is 1. The highest BCUT2D eigenvalue weighted by Crippen LogP contribution is 2.21. The van der Waals surface area contributed by atoms with Gasteiger partial charge in [-0.2, -0.15) is 0 Å². The molecule has 0 bridgehead atoms. The molecule has 0 aliphatic carbocycles. The summed E-state index contributed by atoms with van der Waals surface area (Å²) < 4.78 is 0. The zero-order valence-corrected chi connectivity index (χ0v) is 12.1. The van der Waals surface area contributed by atoms with Gasteiger partial charge >= 0.3 is 0 Å². The largest absolute Gasteiger partial charge is 0.319 e. The highest BCUT2D eigenvalue weighted by molar-refractivity contribution is 6.33. The second kappa shape index (κ2) is 5.50. The maximum Gasteiger partial charge on any atom is 0.276 e. The fraction of sp³-hybridized carbons (Fsp3) is 0.0625. The molecule has 21 heavy (non-hydrogen) atoms. The van der Waals surface area contributed by atoms with Gasteiger partial charge in [0.2, 0.25) is 0 Å². The molecule has 0 fully saturated rings. The first kappa shape index (κ1) is 13.5. The zero-order chi connectivity index (χ0) is 14.8. The Balaban J connectivity index is 1.98. The molecule has 3 rings (SSSR count). The summed E-state index contributed by atoms with van der Waals surface area (Å²) in [5, 5.41) is 3.24. The van der Waals surface area contributed by atoms with E-state index in [1.807, 2.05) is 24.3 Å². The Morgan fingerprint density at radius 2 is 1.62 bits per heavy atom. The molecule has 0 atom stereocenters. The van der Waals surface area contributed by atoms with Gasteiger partial charge in [0.25, 0.3) is 5.91 Å². The number of fused-ring (bicyclic) bond motifs is 1. The molecule has 0 saturated heterocycles. The number of hydrogen-bond donors (Lipinski definition) is 1. The lowest BCUT2D eigenvalue weighted by atomic mass is 10.2. The van der Waals surface area contributed by atoms with Crippen molar-refractivity contribution < 1.29 is 4.79 Å². The number of carbonyl (C=O) groups is 1. The second-order valence-electron chi connectivity index (χ2n) is 4.58. The number of benzene rings is 2. The Morgan fingerprint density at radius 3 is 2.33 bits per heavy atom. The third kappa shape index (κ3) is 2.71. The van der Waals surface area contributed by atoms with E-state index in [4.69, 9.17) is 11.6 Å². The highest BCUT2D eigenvalue weighted by atomic mass is 35.5. The lowest BCUT2D eigenvalue weighted by Crippen LogP contribution is -2.16. The molecule has 3 aromatic rings. The van der Waals surface area contributed by atoms with Crippen LogP contribution in [-0.4, -0.2) is 15.9 Å². The van der Waals surface area contributed by atoms with Crippen LogP contribution in [0.5, 0.6) is 0 Å². The van der Waals surface area contributed by atoms with Crippen LogP contribution in [-0.2, 0) is 0 Å². The van der Waals surface area contributed by atoms with Gasteiger partial charge in [0.1, 0.15) is 5.69 Å². The fourth-order valence-electron chi connectivity index (χ4n) is 2.05. The standard InChI is InChI=1S/C16H12ClN3O/c1-10-15(19-14-9-5-4-8-13(14)18-10)16(21)20-12-7-3-2-6-11(12)17/h2-9H,1H3,(H,20,21). The number of nitrogens with zero attached hydrogens (tertiary/aromatic N) is 2. The molecule has 0 unspecified atom stereocenters. The quantitative estimate of drug-likeness (QED) is 0.782. The number of aryl methyl sites for hydroxylation is 1. The third-order valence-corrected chi connectivity index (χ3v) is 3.41. The molecule has 0 radical (unpaired) electrons. The van der Waals surface area contributed by atoms with Crippen LogP contribution >= 0.6 is 11.6 Å². The van der Waals surface area contributed by atoms with Gasteiger partial charge in [0.05, 0.1) is 27.4 Å². The van der Waals surface area contributed by atoms with Gasteiger partial charge in [-0.3, -0.25) is 4.79 Å². The van der Waals surface area contributed by atoms with E-state index in [-0.39, 0.29) is 5.91 Å². The van der Waals surface area contributed by atoms with Crippen molar-refractivity contribution in [1.29, 1.82) is 0 Å². The lowest BCUT2D eigenvalue weighted by Gasteiger charge is -2.09. The van der Waals surface area contributed by atoms with E-state index in [1.165, 1.54) is 0 Å². The molecule has 0 aliphatic rings. The Morgan fingerprint density at radius 1 is 1.00 bits per heavy atom. The topological polar surface area (TPSA) is 54.9 Å². The molecule has 2 aromatic carbocycles. The number of para-hydroxylation sites is 3. The Bertz CT molecular complexity index is 833. The first-order valence-electron chi connectivity index (χ1n) is 6.44. The number of carbonyl (C=O) groups excluding carboxylic acids is 1. The monoisotopic (exact) mass is 297 g/mol. The van der Waals surface area contributed by atoms with Crippen molar-refractivity contribution >= 4 is 34.2 Å². The first-order valence-corrected chi connectivity index (χ1v) is 6.82. The summed E-state index contributed by atoms with van der Waals surface area (Å²) in [6.45, 7) is 1.76. The maximum atomic E-state index is 12.4. The van der Waals surface area contributed by atoms with Gasteiger partial charge in [0.15, 0.2) is 0 Å². The van der Waals surface area contributed by atoms with Crippen molar-refractivity contribution in [1.82, 2.24) is 9.97 Å². The average molecular weight is 298 g/mol. The van der Waals surface area contributed by atoms with Crippen LogP contribution in [0.1, 0.15) is 16.2 Å². The van der Waals surface area contributed by atoms with Gasteiger partial charge < -0.3 is 5.32 Å². The predicted molar refractivity (Wildman–Crippen MR) is 83.7 cm³/mol. The second-order valence-corrected chi connectivity index (χ2v) is 4.99. The van der Waals surface area contributed by atoms with Crippen molar-refractivity contribution in [2.45, 2.75) is 6.92 Å². The van der Waals surface area contributed by atoms with Crippen LogP contribution in [0.2, 0.25) is 5.02 Å². The van der Waals surface area contributed by atoms with Crippen LogP contribution < -0.4 is 5.32 Å². The smallest absolute Gasteiger partial charge is 0.276 e. The molecular formula is C16H12ClN3O. The van der Waals surface area contributed by atoms with Gasteiger partial charge in [-0.05, 0) is 31.2 Å². The summed E-state index contributed by atoms with van der Waals surface area (Å²) in [7, 11) is 0. The molecule has 1 N–H and O–H groups in total. The predicted octanol–water partition coefficient (Wildman–Crippen LogP) is 3.84. The first-order chi connectivity index (χ1) is 10.1. The van der Waals surface area contributed by atoms with E-state index >= 15 is 0 Å². The summed E-state index contributed by atoms with van der Waals surface area (Å²) >= 11 is 6.04. The minimum atomic E-state index is -0.321. The zero-order valence-electron chi connectivity index (χ0n) is 11.3. The molecule has 4 nitrogen and oxygen atoms in total. The summed E-state index contributed by atoms with van der Waals surface area (Å²) in [5.74, 6) is -0.321. The molecule has 1 aromatic heterocycles. The SMILES string of the molecule is Cc1nc2ccccc2nc1C(=O)Nc1ccccc1Cl. The minimum Gasteiger partial charge on any atom is -0.319 e. The van der Waals surface area contributed by atoms with E-state index in [0.717, 1.165) is 5.52 Å².